The maximum absolute atomic E-state index is 12.3. The second-order valence-corrected chi connectivity index (χ2v) is 8.88. The summed E-state index contributed by atoms with van der Waals surface area (Å²) in [7, 11) is 0. The van der Waals surface area contributed by atoms with Crippen molar-refractivity contribution >= 4 is 11.8 Å². The summed E-state index contributed by atoms with van der Waals surface area (Å²) in [6.45, 7) is 7.58. The number of amides is 2. The number of aryl methyl sites for hydroxylation is 1. The molecule has 160 valence electrons. The van der Waals surface area contributed by atoms with Gasteiger partial charge in [-0.3, -0.25) is 14.3 Å². The number of rotatable bonds is 8. The molecule has 1 aromatic rings. The highest BCUT2D eigenvalue weighted by Crippen LogP contribution is 2.31. The molecule has 3 aliphatic rings. The first-order valence-corrected chi connectivity index (χ1v) is 10.9. The van der Waals surface area contributed by atoms with Crippen LogP contribution in [0.25, 0.3) is 0 Å². The molecule has 2 amide bonds. The highest BCUT2D eigenvalue weighted by atomic mass is 16.5. The number of piperidine rings is 1. The van der Waals surface area contributed by atoms with Gasteiger partial charge in [0.25, 0.3) is 0 Å². The number of nitrogens with one attached hydrogen (secondary N) is 1. The summed E-state index contributed by atoms with van der Waals surface area (Å²) in [5.74, 6) is 1.50. The lowest BCUT2D eigenvalue weighted by atomic mass is 9.95. The SMILES string of the molecule is Cc1ccn(CC(=O)NCC2CN(CC3CCN(CC4CC4)CC3)C(=O)CO2)n1. The second kappa shape index (κ2) is 9.26. The molecule has 0 spiro atoms. The van der Waals surface area contributed by atoms with Crippen LogP contribution in [0.3, 0.4) is 0 Å². The Labute approximate surface area is 172 Å². The fourth-order valence-corrected chi connectivity index (χ4v) is 4.29. The first-order chi connectivity index (χ1) is 14.0. The van der Waals surface area contributed by atoms with Crippen molar-refractivity contribution < 1.29 is 14.3 Å². The zero-order valence-corrected chi connectivity index (χ0v) is 17.4. The number of carbonyl (C=O) groups excluding carboxylic acids is 2. The highest BCUT2D eigenvalue weighted by molar-refractivity contribution is 5.78. The number of carbonyl (C=O) groups is 2. The van der Waals surface area contributed by atoms with E-state index in [2.05, 4.69) is 15.3 Å². The standard InChI is InChI=1S/C21H33N5O3/c1-16-4-9-26(23-16)14-20(27)22-10-19-13-25(21(28)15-29-19)12-18-5-7-24(8-6-18)11-17-2-3-17/h4,9,17-19H,2-3,5-8,10-15H2,1H3,(H,22,27). The largest absolute Gasteiger partial charge is 0.365 e. The third-order valence-electron chi connectivity index (χ3n) is 6.22. The van der Waals surface area contributed by atoms with Gasteiger partial charge >= 0.3 is 0 Å². The van der Waals surface area contributed by atoms with Crippen LogP contribution in [0.1, 0.15) is 31.4 Å². The van der Waals surface area contributed by atoms with Crippen molar-refractivity contribution in [2.45, 2.75) is 45.3 Å². The predicted molar refractivity (Wildman–Crippen MR) is 108 cm³/mol. The Kier molecular flexibility index (Phi) is 6.50. The van der Waals surface area contributed by atoms with E-state index in [0.29, 0.717) is 19.0 Å². The van der Waals surface area contributed by atoms with Gasteiger partial charge in [-0.25, -0.2) is 0 Å². The molecule has 0 radical (unpaired) electrons. The molecule has 1 aliphatic carbocycles. The van der Waals surface area contributed by atoms with Gasteiger partial charge in [-0.05, 0) is 63.6 Å². The molecular weight excluding hydrogens is 370 g/mol. The molecule has 1 unspecified atom stereocenters. The fraction of sp³-hybridized carbons (Fsp3) is 0.762. The van der Waals surface area contributed by atoms with Crippen LogP contribution >= 0.6 is 0 Å². The lowest BCUT2D eigenvalue weighted by molar-refractivity contribution is -0.150. The van der Waals surface area contributed by atoms with Crippen LogP contribution in [0, 0.1) is 18.8 Å². The van der Waals surface area contributed by atoms with Crippen LogP contribution in [0.4, 0.5) is 0 Å². The number of likely N-dealkylation sites (tertiary alicyclic amines) is 1. The Morgan fingerprint density at radius 3 is 2.66 bits per heavy atom. The van der Waals surface area contributed by atoms with Gasteiger partial charge < -0.3 is 19.9 Å². The monoisotopic (exact) mass is 403 g/mol. The number of aromatic nitrogens is 2. The van der Waals surface area contributed by atoms with Crippen LogP contribution in [0.15, 0.2) is 12.3 Å². The van der Waals surface area contributed by atoms with E-state index in [0.717, 1.165) is 31.2 Å². The third-order valence-corrected chi connectivity index (χ3v) is 6.22. The molecule has 3 heterocycles. The zero-order valence-electron chi connectivity index (χ0n) is 17.4. The van der Waals surface area contributed by atoms with Gasteiger partial charge in [0.2, 0.25) is 11.8 Å². The van der Waals surface area contributed by atoms with Crippen LogP contribution in [-0.4, -0.2) is 83.4 Å². The molecular formula is C21H33N5O3. The van der Waals surface area contributed by atoms with Crippen molar-refractivity contribution in [3.05, 3.63) is 18.0 Å². The molecule has 2 aliphatic heterocycles. The maximum atomic E-state index is 12.3. The smallest absolute Gasteiger partial charge is 0.248 e. The van der Waals surface area contributed by atoms with E-state index >= 15 is 0 Å². The van der Waals surface area contributed by atoms with Gasteiger partial charge in [0, 0.05) is 32.4 Å². The lowest BCUT2D eigenvalue weighted by Gasteiger charge is -2.38. The number of hydrogen-bond donors (Lipinski definition) is 1. The van der Waals surface area contributed by atoms with Gasteiger partial charge in [-0.1, -0.05) is 0 Å². The predicted octanol–water partition coefficient (Wildman–Crippen LogP) is 0.657. The first kappa shape index (κ1) is 20.3. The van der Waals surface area contributed by atoms with E-state index in [1.807, 2.05) is 17.9 Å². The fourth-order valence-electron chi connectivity index (χ4n) is 4.29. The summed E-state index contributed by atoms with van der Waals surface area (Å²) in [6.07, 6.45) is 6.79. The van der Waals surface area contributed by atoms with Crippen molar-refractivity contribution in [2.75, 3.05) is 45.9 Å². The van der Waals surface area contributed by atoms with Gasteiger partial charge in [0.05, 0.1) is 11.8 Å². The van der Waals surface area contributed by atoms with E-state index in [9.17, 15) is 9.59 Å². The Bertz CT molecular complexity index is 709. The molecule has 0 aromatic carbocycles. The molecule has 1 aromatic heterocycles. The van der Waals surface area contributed by atoms with Crippen LogP contribution in [0.5, 0.6) is 0 Å². The minimum absolute atomic E-state index is 0.0694. The Balaban J connectivity index is 1.18. The average molecular weight is 404 g/mol. The number of ether oxygens (including phenoxy) is 1. The number of hydrogen-bond acceptors (Lipinski definition) is 5. The van der Waals surface area contributed by atoms with Crippen molar-refractivity contribution in [3.63, 3.8) is 0 Å². The second-order valence-electron chi connectivity index (χ2n) is 8.88. The first-order valence-electron chi connectivity index (χ1n) is 10.9. The summed E-state index contributed by atoms with van der Waals surface area (Å²) >= 11 is 0. The molecule has 2 saturated heterocycles. The molecule has 8 heteroatoms. The number of nitrogens with zero attached hydrogens (tertiary/aromatic N) is 4. The van der Waals surface area contributed by atoms with Crippen molar-refractivity contribution in [1.82, 2.24) is 24.9 Å². The van der Waals surface area contributed by atoms with E-state index in [1.54, 1.807) is 10.9 Å². The van der Waals surface area contributed by atoms with Gasteiger partial charge in [-0.15, -0.1) is 0 Å². The maximum Gasteiger partial charge on any atom is 0.248 e. The zero-order chi connectivity index (χ0) is 20.2. The third kappa shape index (κ3) is 6.02. The van der Waals surface area contributed by atoms with Gasteiger partial charge in [-0.2, -0.15) is 5.10 Å². The van der Waals surface area contributed by atoms with Gasteiger partial charge in [0.15, 0.2) is 0 Å². The summed E-state index contributed by atoms with van der Waals surface area (Å²) in [6, 6.07) is 1.87. The highest BCUT2D eigenvalue weighted by Gasteiger charge is 2.31. The molecule has 0 bridgehead atoms. The Hall–Kier alpha value is -1.93. The van der Waals surface area contributed by atoms with Crippen molar-refractivity contribution in [3.8, 4) is 0 Å². The van der Waals surface area contributed by atoms with Crippen molar-refractivity contribution in [2.24, 2.45) is 11.8 Å². The Morgan fingerprint density at radius 2 is 1.97 bits per heavy atom. The topological polar surface area (TPSA) is 79.7 Å². The minimum atomic E-state index is -0.147. The summed E-state index contributed by atoms with van der Waals surface area (Å²) < 4.78 is 7.27. The van der Waals surface area contributed by atoms with E-state index < -0.39 is 0 Å². The summed E-state index contributed by atoms with van der Waals surface area (Å²) in [4.78, 5) is 29.0. The summed E-state index contributed by atoms with van der Waals surface area (Å²) in [5.41, 5.74) is 0.890. The van der Waals surface area contributed by atoms with Gasteiger partial charge in [0.1, 0.15) is 13.2 Å². The average Bonchev–Trinajstić information content (AvgIpc) is 3.43. The Morgan fingerprint density at radius 1 is 1.21 bits per heavy atom. The van der Waals surface area contributed by atoms with E-state index in [-0.39, 0.29) is 31.1 Å². The quantitative estimate of drug-likeness (QED) is 0.690. The van der Waals surface area contributed by atoms with E-state index in [1.165, 1.54) is 32.2 Å². The van der Waals surface area contributed by atoms with E-state index in [4.69, 9.17) is 4.74 Å². The van der Waals surface area contributed by atoms with Crippen molar-refractivity contribution in [1.29, 1.82) is 0 Å². The molecule has 1 saturated carbocycles. The normalized spacial score (nSPS) is 24.1. The molecule has 29 heavy (non-hydrogen) atoms. The lowest BCUT2D eigenvalue weighted by Crippen LogP contribution is -2.52. The summed E-state index contributed by atoms with van der Waals surface area (Å²) in [5, 5.41) is 7.13. The molecule has 8 nitrogen and oxygen atoms in total. The number of morpholine rings is 1. The molecule has 1 N–H and O–H groups in total. The van der Waals surface area contributed by atoms with Crippen LogP contribution < -0.4 is 5.32 Å². The van der Waals surface area contributed by atoms with Crippen LogP contribution in [0.2, 0.25) is 0 Å². The minimum Gasteiger partial charge on any atom is -0.365 e. The molecule has 1 atom stereocenters. The van der Waals surface area contributed by atoms with Crippen LogP contribution in [-0.2, 0) is 20.9 Å². The molecule has 3 fully saturated rings. The molecule has 4 rings (SSSR count).